The Morgan fingerprint density at radius 3 is 2.68 bits per heavy atom. The van der Waals surface area contributed by atoms with E-state index >= 15 is 0 Å². The van der Waals surface area contributed by atoms with Crippen molar-refractivity contribution in [1.82, 2.24) is 4.90 Å². The summed E-state index contributed by atoms with van der Waals surface area (Å²) in [7, 11) is -1.40. The SMILES string of the molecule is Cc1cc(N2C[C@H](C(=O)N(C)[C@H]3CCS(=O)(=O)C3)CC2=O)ccc1Br. The van der Waals surface area contributed by atoms with E-state index in [1.807, 2.05) is 25.1 Å². The lowest BCUT2D eigenvalue weighted by Gasteiger charge is -2.26. The van der Waals surface area contributed by atoms with Gasteiger partial charge >= 0.3 is 0 Å². The van der Waals surface area contributed by atoms with Crippen LogP contribution in [0.2, 0.25) is 0 Å². The average molecular weight is 429 g/mol. The van der Waals surface area contributed by atoms with Crippen LogP contribution < -0.4 is 4.90 Å². The van der Waals surface area contributed by atoms with Crippen LogP contribution in [0.1, 0.15) is 18.4 Å². The molecule has 2 fully saturated rings. The fourth-order valence-corrected chi connectivity index (χ4v) is 5.49. The van der Waals surface area contributed by atoms with Crippen molar-refractivity contribution in [3.63, 3.8) is 0 Å². The van der Waals surface area contributed by atoms with Crippen LogP contribution in [0.25, 0.3) is 0 Å². The Morgan fingerprint density at radius 1 is 1.36 bits per heavy atom. The highest BCUT2D eigenvalue weighted by molar-refractivity contribution is 9.10. The molecule has 2 amide bonds. The fourth-order valence-electron chi connectivity index (χ4n) is 3.47. The smallest absolute Gasteiger partial charge is 0.228 e. The van der Waals surface area contributed by atoms with E-state index in [2.05, 4.69) is 15.9 Å². The topological polar surface area (TPSA) is 74.8 Å². The largest absolute Gasteiger partial charge is 0.341 e. The minimum Gasteiger partial charge on any atom is -0.341 e. The molecule has 0 aromatic heterocycles. The monoisotopic (exact) mass is 428 g/mol. The molecule has 0 unspecified atom stereocenters. The van der Waals surface area contributed by atoms with Gasteiger partial charge in [0.25, 0.3) is 0 Å². The lowest BCUT2D eigenvalue weighted by atomic mass is 10.1. The molecule has 8 heteroatoms. The van der Waals surface area contributed by atoms with Crippen LogP contribution >= 0.6 is 15.9 Å². The molecule has 2 aliphatic heterocycles. The maximum atomic E-state index is 12.7. The number of aryl methyl sites for hydroxylation is 1. The number of hydrogen-bond donors (Lipinski definition) is 0. The summed E-state index contributed by atoms with van der Waals surface area (Å²) in [6.45, 7) is 2.29. The first-order valence-corrected chi connectivity index (χ1v) is 10.8. The molecule has 6 nitrogen and oxygen atoms in total. The number of amides is 2. The van der Waals surface area contributed by atoms with Gasteiger partial charge < -0.3 is 9.80 Å². The lowest BCUT2D eigenvalue weighted by Crippen LogP contribution is -2.42. The first-order chi connectivity index (χ1) is 11.7. The second-order valence-corrected chi connectivity index (χ2v) is 9.93. The minimum absolute atomic E-state index is 0.0194. The van der Waals surface area contributed by atoms with Gasteiger partial charge in [-0.2, -0.15) is 0 Å². The number of hydrogen-bond acceptors (Lipinski definition) is 4. The van der Waals surface area contributed by atoms with E-state index in [1.54, 1.807) is 11.9 Å². The molecule has 0 bridgehead atoms. The maximum Gasteiger partial charge on any atom is 0.228 e. The van der Waals surface area contributed by atoms with Gasteiger partial charge in [0.2, 0.25) is 11.8 Å². The number of halogens is 1. The van der Waals surface area contributed by atoms with Crippen LogP contribution in [0, 0.1) is 12.8 Å². The van der Waals surface area contributed by atoms with Crippen molar-refractivity contribution in [3.05, 3.63) is 28.2 Å². The van der Waals surface area contributed by atoms with Crippen molar-refractivity contribution in [2.24, 2.45) is 5.92 Å². The highest BCUT2D eigenvalue weighted by Crippen LogP contribution is 2.30. The van der Waals surface area contributed by atoms with Gasteiger partial charge in [0.1, 0.15) is 0 Å². The van der Waals surface area contributed by atoms with Crippen molar-refractivity contribution in [2.45, 2.75) is 25.8 Å². The second kappa shape index (κ2) is 6.72. The van der Waals surface area contributed by atoms with Crippen molar-refractivity contribution >= 4 is 43.3 Å². The summed E-state index contributed by atoms with van der Waals surface area (Å²) in [5.74, 6) is -0.501. The number of rotatable bonds is 3. The Balaban J connectivity index is 1.71. The Morgan fingerprint density at radius 2 is 2.08 bits per heavy atom. The number of anilines is 1. The Hall–Kier alpha value is -1.41. The lowest BCUT2D eigenvalue weighted by molar-refractivity contribution is -0.136. The molecule has 2 heterocycles. The molecule has 136 valence electrons. The van der Waals surface area contributed by atoms with Crippen LogP contribution in [0.3, 0.4) is 0 Å². The first-order valence-electron chi connectivity index (χ1n) is 8.21. The maximum absolute atomic E-state index is 12.7. The van der Waals surface area contributed by atoms with E-state index in [-0.39, 0.29) is 35.8 Å². The molecule has 0 saturated carbocycles. The van der Waals surface area contributed by atoms with Gasteiger partial charge in [-0.1, -0.05) is 15.9 Å². The summed E-state index contributed by atoms with van der Waals surface area (Å²) in [6, 6.07) is 5.39. The molecule has 2 aliphatic rings. The number of carbonyl (C=O) groups excluding carboxylic acids is 2. The molecular formula is C17H21BrN2O4S. The summed E-state index contributed by atoms with van der Waals surface area (Å²) in [5.41, 5.74) is 1.81. The Labute approximate surface area is 156 Å². The van der Waals surface area contributed by atoms with Crippen molar-refractivity contribution in [1.29, 1.82) is 0 Å². The summed E-state index contributed by atoms with van der Waals surface area (Å²) in [6.07, 6.45) is 0.638. The third-order valence-corrected chi connectivity index (χ3v) is 7.67. The normalized spacial score (nSPS) is 25.4. The molecule has 0 aliphatic carbocycles. The van der Waals surface area contributed by atoms with E-state index < -0.39 is 15.8 Å². The van der Waals surface area contributed by atoms with Gasteiger partial charge in [0.05, 0.1) is 17.4 Å². The molecule has 2 atom stereocenters. The molecular weight excluding hydrogens is 408 g/mol. The molecule has 1 aromatic rings. The molecule has 25 heavy (non-hydrogen) atoms. The number of nitrogens with zero attached hydrogens (tertiary/aromatic N) is 2. The van der Waals surface area contributed by atoms with Gasteiger partial charge in [-0.25, -0.2) is 8.42 Å². The van der Waals surface area contributed by atoms with E-state index in [0.29, 0.717) is 13.0 Å². The van der Waals surface area contributed by atoms with Gasteiger partial charge in [-0.05, 0) is 37.1 Å². The summed E-state index contributed by atoms with van der Waals surface area (Å²) >= 11 is 3.44. The number of benzene rings is 1. The zero-order valence-corrected chi connectivity index (χ0v) is 16.6. The van der Waals surface area contributed by atoms with E-state index in [9.17, 15) is 18.0 Å². The first kappa shape index (κ1) is 18.4. The predicted molar refractivity (Wildman–Crippen MR) is 99.2 cm³/mol. The molecule has 0 spiro atoms. The van der Waals surface area contributed by atoms with Gasteiger partial charge in [-0.3, -0.25) is 9.59 Å². The summed E-state index contributed by atoms with van der Waals surface area (Å²) in [4.78, 5) is 28.3. The van der Waals surface area contributed by atoms with Crippen LogP contribution in [0.4, 0.5) is 5.69 Å². The molecule has 1 aromatic carbocycles. The summed E-state index contributed by atoms with van der Waals surface area (Å²) in [5, 5.41) is 0. The third kappa shape index (κ3) is 3.74. The highest BCUT2D eigenvalue weighted by Gasteiger charge is 2.40. The van der Waals surface area contributed by atoms with Crippen molar-refractivity contribution in [2.75, 3.05) is 30.0 Å². The van der Waals surface area contributed by atoms with Gasteiger partial charge in [0, 0.05) is 36.2 Å². The number of carbonyl (C=O) groups is 2. The Bertz CT molecular complexity index is 824. The minimum atomic E-state index is -3.05. The zero-order chi connectivity index (χ0) is 18.4. The van der Waals surface area contributed by atoms with E-state index in [0.717, 1.165) is 15.7 Å². The van der Waals surface area contributed by atoms with E-state index in [4.69, 9.17) is 0 Å². The average Bonchev–Trinajstić information content (AvgIpc) is 3.11. The molecule has 0 N–H and O–H groups in total. The van der Waals surface area contributed by atoms with Crippen LogP contribution in [0.5, 0.6) is 0 Å². The third-order valence-electron chi connectivity index (χ3n) is 5.03. The van der Waals surface area contributed by atoms with Crippen LogP contribution in [-0.4, -0.2) is 56.3 Å². The predicted octanol–water partition coefficient (Wildman–Crippen LogP) is 1.76. The van der Waals surface area contributed by atoms with Crippen molar-refractivity contribution < 1.29 is 18.0 Å². The highest BCUT2D eigenvalue weighted by atomic mass is 79.9. The second-order valence-electron chi connectivity index (χ2n) is 6.84. The van der Waals surface area contributed by atoms with Crippen LogP contribution in [-0.2, 0) is 19.4 Å². The van der Waals surface area contributed by atoms with Gasteiger partial charge in [-0.15, -0.1) is 0 Å². The molecule has 3 rings (SSSR count). The quantitative estimate of drug-likeness (QED) is 0.734. The fraction of sp³-hybridized carbons (Fsp3) is 0.529. The van der Waals surface area contributed by atoms with Crippen molar-refractivity contribution in [3.8, 4) is 0 Å². The zero-order valence-electron chi connectivity index (χ0n) is 14.2. The Kier molecular flexibility index (Phi) is 4.94. The molecule has 0 radical (unpaired) electrons. The summed E-state index contributed by atoms with van der Waals surface area (Å²) < 4.78 is 24.2. The van der Waals surface area contributed by atoms with Gasteiger partial charge in [0.15, 0.2) is 9.84 Å². The van der Waals surface area contributed by atoms with Crippen LogP contribution in [0.15, 0.2) is 22.7 Å². The number of sulfone groups is 1. The van der Waals surface area contributed by atoms with E-state index in [1.165, 1.54) is 4.90 Å². The molecule has 2 saturated heterocycles. The standard InChI is InChI=1S/C17H21BrN2O4S/c1-11-7-13(3-4-15(11)18)20-9-12(8-16(20)21)17(22)19(2)14-5-6-25(23,24)10-14/h3-4,7,12,14H,5-6,8-10H2,1-2H3/t12-,14+/m1/s1.